The lowest BCUT2D eigenvalue weighted by Crippen LogP contribution is -2.44. The van der Waals surface area contributed by atoms with Gasteiger partial charge in [0.05, 0.1) is 0 Å². The molecule has 1 aliphatic carbocycles. The Morgan fingerprint density at radius 1 is 1.12 bits per heavy atom. The molecule has 5 nitrogen and oxygen atoms in total. The van der Waals surface area contributed by atoms with Crippen molar-refractivity contribution in [2.45, 2.75) is 12.0 Å². The first-order valence-corrected chi connectivity index (χ1v) is 8.59. The third-order valence-electron chi connectivity index (χ3n) is 4.55. The molecular formula is C19H19NO4S. The number of amides is 1. The second-order valence-corrected chi connectivity index (χ2v) is 6.32. The average molecular weight is 357 g/mol. The van der Waals surface area contributed by atoms with E-state index in [1.54, 1.807) is 0 Å². The van der Waals surface area contributed by atoms with Crippen molar-refractivity contribution in [2.24, 2.45) is 0 Å². The summed E-state index contributed by atoms with van der Waals surface area (Å²) in [4.78, 5) is 24.5. The van der Waals surface area contributed by atoms with Gasteiger partial charge in [0.15, 0.2) is 0 Å². The molecule has 0 spiro atoms. The largest absolute Gasteiger partial charge is 0.480 e. The Kier molecular flexibility index (Phi) is 4.99. The van der Waals surface area contributed by atoms with E-state index in [0.29, 0.717) is 0 Å². The third-order valence-corrected chi connectivity index (χ3v) is 4.90. The van der Waals surface area contributed by atoms with Crippen molar-refractivity contribution in [3.63, 3.8) is 0 Å². The van der Waals surface area contributed by atoms with Crippen LogP contribution in [0.15, 0.2) is 48.5 Å². The fraction of sp³-hybridized carbons (Fsp3) is 0.263. The molecule has 1 atom stereocenters. The van der Waals surface area contributed by atoms with Crippen LogP contribution in [-0.2, 0) is 9.53 Å². The van der Waals surface area contributed by atoms with Crippen LogP contribution in [0.5, 0.6) is 0 Å². The number of carbonyl (C=O) groups is 2. The molecule has 0 aliphatic heterocycles. The summed E-state index contributed by atoms with van der Waals surface area (Å²) in [5, 5.41) is 9.13. The van der Waals surface area contributed by atoms with E-state index < -0.39 is 18.1 Å². The molecule has 6 heteroatoms. The fourth-order valence-corrected chi connectivity index (χ4v) is 3.59. The van der Waals surface area contributed by atoms with Crippen molar-refractivity contribution in [1.82, 2.24) is 4.90 Å². The molecule has 0 heterocycles. The van der Waals surface area contributed by atoms with Crippen molar-refractivity contribution in [2.75, 3.05) is 19.4 Å². The zero-order valence-electron chi connectivity index (χ0n) is 13.8. The van der Waals surface area contributed by atoms with E-state index in [0.717, 1.165) is 27.2 Å². The van der Waals surface area contributed by atoms with E-state index in [-0.39, 0.29) is 18.3 Å². The lowest BCUT2D eigenvalue weighted by molar-refractivity contribution is -0.141. The summed E-state index contributed by atoms with van der Waals surface area (Å²) in [7, 11) is 1.41. The molecule has 1 aliphatic rings. The number of carboxylic acids is 1. The van der Waals surface area contributed by atoms with Crippen molar-refractivity contribution < 1.29 is 19.4 Å². The SMILES string of the molecule is CN(C(=O)OCC1c2ccccc2-c2ccccc21)C(CS)C(=O)O. The smallest absolute Gasteiger partial charge is 0.410 e. The number of carboxylic acid groups (broad SMARTS) is 1. The Balaban J connectivity index is 1.78. The highest BCUT2D eigenvalue weighted by molar-refractivity contribution is 7.80. The predicted octanol–water partition coefficient (Wildman–Crippen LogP) is 3.25. The van der Waals surface area contributed by atoms with Gasteiger partial charge in [-0.25, -0.2) is 9.59 Å². The number of aliphatic carboxylic acids is 1. The van der Waals surface area contributed by atoms with Gasteiger partial charge in [0, 0.05) is 18.7 Å². The first-order valence-electron chi connectivity index (χ1n) is 7.96. The molecule has 0 saturated heterocycles. The molecule has 0 fully saturated rings. The molecule has 0 aromatic heterocycles. The van der Waals surface area contributed by atoms with Gasteiger partial charge in [0.1, 0.15) is 12.6 Å². The van der Waals surface area contributed by atoms with E-state index >= 15 is 0 Å². The summed E-state index contributed by atoms with van der Waals surface area (Å²) >= 11 is 3.99. The number of fused-ring (bicyclic) bond motifs is 3. The number of rotatable bonds is 5. The molecule has 1 N–H and O–H groups in total. The molecule has 0 radical (unpaired) electrons. The Bertz CT molecular complexity index is 762. The maximum absolute atomic E-state index is 12.2. The van der Waals surface area contributed by atoms with Gasteiger partial charge in [-0.15, -0.1) is 0 Å². The van der Waals surface area contributed by atoms with Crippen LogP contribution >= 0.6 is 12.6 Å². The van der Waals surface area contributed by atoms with Crippen molar-refractivity contribution in [3.8, 4) is 11.1 Å². The van der Waals surface area contributed by atoms with E-state index in [2.05, 4.69) is 24.8 Å². The number of hydrogen-bond acceptors (Lipinski definition) is 4. The van der Waals surface area contributed by atoms with Crippen LogP contribution in [0.4, 0.5) is 4.79 Å². The maximum Gasteiger partial charge on any atom is 0.410 e. The highest BCUT2D eigenvalue weighted by Gasteiger charge is 2.31. The van der Waals surface area contributed by atoms with Crippen LogP contribution in [0.25, 0.3) is 11.1 Å². The summed E-state index contributed by atoms with van der Waals surface area (Å²) in [5.41, 5.74) is 4.52. The topological polar surface area (TPSA) is 66.8 Å². The van der Waals surface area contributed by atoms with Gasteiger partial charge >= 0.3 is 12.1 Å². The number of ether oxygens (including phenoxy) is 1. The number of hydrogen-bond donors (Lipinski definition) is 2. The van der Waals surface area contributed by atoms with Gasteiger partial charge in [-0.3, -0.25) is 4.90 Å². The minimum atomic E-state index is -1.11. The van der Waals surface area contributed by atoms with Crippen molar-refractivity contribution in [1.29, 1.82) is 0 Å². The zero-order chi connectivity index (χ0) is 18.0. The lowest BCUT2D eigenvalue weighted by Gasteiger charge is -2.24. The fourth-order valence-electron chi connectivity index (χ4n) is 3.19. The van der Waals surface area contributed by atoms with Crippen molar-refractivity contribution in [3.05, 3.63) is 59.7 Å². The molecule has 3 rings (SSSR count). The summed E-state index contributed by atoms with van der Waals surface area (Å²) < 4.78 is 5.42. The van der Waals surface area contributed by atoms with Crippen LogP contribution < -0.4 is 0 Å². The minimum Gasteiger partial charge on any atom is -0.480 e. The summed E-state index contributed by atoms with van der Waals surface area (Å²) in [6, 6.07) is 15.1. The van der Waals surface area contributed by atoms with Crippen LogP contribution in [0.3, 0.4) is 0 Å². The molecule has 25 heavy (non-hydrogen) atoms. The Morgan fingerprint density at radius 2 is 1.64 bits per heavy atom. The Morgan fingerprint density at radius 3 is 2.12 bits per heavy atom. The summed E-state index contributed by atoms with van der Waals surface area (Å²) in [6.45, 7) is 0.163. The Labute approximate surface area is 151 Å². The highest BCUT2D eigenvalue weighted by Crippen LogP contribution is 2.44. The molecule has 0 bridgehead atoms. The second-order valence-electron chi connectivity index (χ2n) is 5.95. The number of nitrogens with zero attached hydrogens (tertiary/aromatic N) is 1. The van der Waals surface area contributed by atoms with Crippen molar-refractivity contribution >= 4 is 24.7 Å². The Hall–Kier alpha value is -2.47. The number of carbonyl (C=O) groups excluding carboxylic acids is 1. The number of thiol groups is 1. The zero-order valence-corrected chi connectivity index (χ0v) is 14.6. The van der Waals surface area contributed by atoms with Crippen LogP contribution in [0.2, 0.25) is 0 Å². The van der Waals surface area contributed by atoms with E-state index in [1.165, 1.54) is 7.05 Å². The van der Waals surface area contributed by atoms with Gasteiger partial charge < -0.3 is 9.84 Å². The van der Waals surface area contributed by atoms with Crippen LogP contribution in [0.1, 0.15) is 17.0 Å². The number of benzene rings is 2. The summed E-state index contributed by atoms with van der Waals surface area (Å²) in [6.07, 6.45) is -0.664. The molecule has 2 aromatic rings. The van der Waals surface area contributed by atoms with Gasteiger partial charge in [-0.2, -0.15) is 12.6 Å². The van der Waals surface area contributed by atoms with E-state index in [9.17, 15) is 9.59 Å². The van der Waals surface area contributed by atoms with Crippen LogP contribution in [-0.4, -0.2) is 47.5 Å². The third kappa shape index (κ3) is 3.22. The molecule has 1 amide bonds. The minimum absolute atomic E-state index is 0.0238. The second kappa shape index (κ2) is 7.19. The summed E-state index contributed by atoms with van der Waals surface area (Å²) in [5.74, 6) is -1.13. The lowest BCUT2D eigenvalue weighted by atomic mass is 9.98. The van der Waals surface area contributed by atoms with Gasteiger partial charge in [0.25, 0.3) is 0 Å². The quantitative estimate of drug-likeness (QED) is 0.806. The van der Waals surface area contributed by atoms with E-state index in [1.807, 2.05) is 36.4 Å². The van der Waals surface area contributed by atoms with Gasteiger partial charge in [0.2, 0.25) is 0 Å². The monoisotopic (exact) mass is 357 g/mol. The molecular weight excluding hydrogens is 338 g/mol. The van der Waals surface area contributed by atoms with E-state index in [4.69, 9.17) is 9.84 Å². The number of likely N-dealkylation sites (N-methyl/N-ethyl adjacent to an activating group) is 1. The molecule has 130 valence electrons. The molecule has 1 unspecified atom stereocenters. The standard InChI is InChI=1S/C19H19NO4S/c1-20(17(11-25)18(21)22)19(23)24-10-16-14-8-4-2-6-12(14)13-7-3-5-9-15(13)16/h2-9,16-17,25H,10-11H2,1H3,(H,21,22). The average Bonchev–Trinajstić information content (AvgIpc) is 2.94. The van der Waals surface area contributed by atoms with Crippen LogP contribution in [0, 0.1) is 0 Å². The predicted molar refractivity (Wildman–Crippen MR) is 98.1 cm³/mol. The first kappa shape index (κ1) is 17.4. The molecule has 2 aromatic carbocycles. The molecule has 0 saturated carbocycles. The normalized spacial score (nSPS) is 13.7. The maximum atomic E-state index is 12.2. The first-order chi connectivity index (χ1) is 12.0. The highest BCUT2D eigenvalue weighted by atomic mass is 32.1. The van der Waals surface area contributed by atoms with Gasteiger partial charge in [-0.1, -0.05) is 48.5 Å². The van der Waals surface area contributed by atoms with Gasteiger partial charge in [-0.05, 0) is 22.3 Å².